The lowest BCUT2D eigenvalue weighted by atomic mass is 10.1. The molecule has 142 valence electrons. The fourth-order valence-electron chi connectivity index (χ4n) is 3.69. The molecule has 0 spiro atoms. The molecule has 4 heteroatoms. The van der Waals surface area contributed by atoms with Crippen LogP contribution in [0.2, 0.25) is 0 Å². The van der Waals surface area contributed by atoms with Crippen molar-refractivity contribution in [2.24, 2.45) is 0 Å². The molecule has 4 rings (SSSR count). The minimum Gasteiger partial charge on any atom is -0.341 e. The van der Waals surface area contributed by atoms with Crippen molar-refractivity contribution >= 4 is 45.2 Å². The molecular weight excluding hydrogens is 364 g/mol. The number of hydrogen-bond acceptors (Lipinski definition) is 2. The monoisotopic (exact) mass is 388 g/mol. The molecule has 1 N–H and O–H groups in total. The maximum absolute atomic E-state index is 12.4. The third-order valence-corrected chi connectivity index (χ3v) is 6.11. The van der Waals surface area contributed by atoms with Crippen LogP contribution in [0.25, 0.3) is 21.8 Å². The van der Waals surface area contributed by atoms with Gasteiger partial charge >= 0.3 is 0 Å². The van der Waals surface area contributed by atoms with Crippen molar-refractivity contribution in [3.05, 3.63) is 77.9 Å². The SMILES string of the molecule is CCn1c2ccccc2c2cc(NC(=O)CSCc3ccccc3C)ccc21. The van der Waals surface area contributed by atoms with E-state index in [4.69, 9.17) is 0 Å². The van der Waals surface area contributed by atoms with Crippen molar-refractivity contribution in [1.29, 1.82) is 0 Å². The number of anilines is 1. The molecule has 1 aromatic heterocycles. The van der Waals surface area contributed by atoms with E-state index in [0.717, 1.165) is 18.0 Å². The molecule has 0 radical (unpaired) electrons. The van der Waals surface area contributed by atoms with Crippen LogP contribution < -0.4 is 5.32 Å². The topological polar surface area (TPSA) is 34.0 Å². The first kappa shape index (κ1) is 18.6. The number of aromatic nitrogens is 1. The molecule has 1 amide bonds. The van der Waals surface area contributed by atoms with Crippen molar-refractivity contribution < 1.29 is 4.79 Å². The van der Waals surface area contributed by atoms with Crippen LogP contribution >= 0.6 is 11.8 Å². The van der Waals surface area contributed by atoms with Gasteiger partial charge < -0.3 is 9.88 Å². The van der Waals surface area contributed by atoms with E-state index in [-0.39, 0.29) is 5.91 Å². The molecule has 0 fully saturated rings. The van der Waals surface area contributed by atoms with Crippen molar-refractivity contribution in [3.8, 4) is 0 Å². The quantitative estimate of drug-likeness (QED) is 0.440. The maximum Gasteiger partial charge on any atom is 0.234 e. The number of carbonyl (C=O) groups is 1. The summed E-state index contributed by atoms with van der Waals surface area (Å²) >= 11 is 1.65. The van der Waals surface area contributed by atoms with E-state index < -0.39 is 0 Å². The van der Waals surface area contributed by atoms with Gasteiger partial charge in [0.25, 0.3) is 0 Å². The molecule has 0 saturated heterocycles. The lowest BCUT2D eigenvalue weighted by Gasteiger charge is -2.08. The smallest absolute Gasteiger partial charge is 0.234 e. The number of rotatable bonds is 6. The van der Waals surface area contributed by atoms with Crippen LogP contribution in [0.15, 0.2) is 66.7 Å². The second-order valence-electron chi connectivity index (χ2n) is 6.96. The summed E-state index contributed by atoms with van der Waals surface area (Å²) in [5.74, 6) is 1.34. The standard InChI is InChI=1S/C24H24N2OS/c1-3-26-22-11-7-6-10-20(22)21-14-19(12-13-23(21)26)25-24(27)16-28-15-18-9-5-4-8-17(18)2/h4-14H,3,15-16H2,1-2H3,(H,25,27). The molecule has 4 aromatic rings. The zero-order valence-corrected chi connectivity index (χ0v) is 17.1. The van der Waals surface area contributed by atoms with Gasteiger partial charge in [0.05, 0.1) is 5.75 Å². The Morgan fingerprint density at radius 2 is 1.71 bits per heavy atom. The molecule has 0 bridgehead atoms. The first-order chi connectivity index (χ1) is 13.7. The van der Waals surface area contributed by atoms with Crippen LogP contribution in [0.5, 0.6) is 0 Å². The molecule has 3 aromatic carbocycles. The van der Waals surface area contributed by atoms with Gasteiger partial charge in [-0.2, -0.15) is 0 Å². The Kier molecular flexibility index (Phi) is 5.40. The third kappa shape index (κ3) is 3.65. The maximum atomic E-state index is 12.4. The number of fused-ring (bicyclic) bond motifs is 3. The molecule has 0 aliphatic rings. The van der Waals surface area contributed by atoms with E-state index in [0.29, 0.717) is 5.75 Å². The number of nitrogens with one attached hydrogen (secondary N) is 1. The highest BCUT2D eigenvalue weighted by Crippen LogP contribution is 2.31. The minimum atomic E-state index is 0.0390. The predicted octanol–water partition coefficient (Wildman–Crippen LogP) is 5.99. The van der Waals surface area contributed by atoms with E-state index in [1.54, 1.807) is 11.8 Å². The highest BCUT2D eigenvalue weighted by Gasteiger charge is 2.11. The summed E-state index contributed by atoms with van der Waals surface area (Å²) in [6.45, 7) is 5.19. The zero-order chi connectivity index (χ0) is 19.5. The molecule has 0 aliphatic heterocycles. The third-order valence-electron chi connectivity index (χ3n) is 5.12. The fraction of sp³-hybridized carbons (Fsp3) is 0.208. The first-order valence-electron chi connectivity index (χ1n) is 9.60. The van der Waals surface area contributed by atoms with E-state index in [1.807, 2.05) is 18.2 Å². The normalized spacial score (nSPS) is 11.2. The Balaban J connectivity index is 1.48. The summed E-state index contributed by atoms with van der Waals surface area (Å²) in [5.41, 5.74) is 5.85. The predicted molar refractivity (Wildman–Crippen MR) is 121 cm³/mol. The molecule has 28 heavy (non-hydrogen) atoms. The average Bonchev–Trinajstić information content (AvgIpc) is 3.02. The van der Waals surface area contributed by atoms with Gasteiger partial charge in [0, 0.05) is 39.8 Å². The van der Waals surface area contributed by atoms with Crippen molar-refractivity contribution in [3.63, 3.8) is 0 Å². The zero-order valence-electron chi connectivity index (χ0n) is 16.2. The Morgan fingerprint density at radius 3 is 2.54 bits per heavy atom. The van der Waals surface area contributed by atoms with Gasteiger partial charge in [-0.25, -0.2) is 0 Å². The summed E-state index contributed by atoms with van der Waals surface area (Å²) in [5, 5.41) is 5.47. The number of nitrogens with zero attached hydrogens (tertiary/aromatic N) is 1. The lowest BCUT2D eigenvalue weighted by molar-refractivity contribution is -0.113. The Bertz CT molecular complexity index is 1150. The van der Waals surface area contributed by atoms with E-state index in [1.165, 1.54) is 32.9 Å². The highest BCUT2D eigenvalue weighted by molar-refractivity contribution is 7.99. The van der Waals surface area contributed by atoms with Gasteiger partial charge in [-0.1, -0.05) is 42.5 Å². The second-order valence-corrected chi connectivity index (χ2v) is 7.95. The van der Waals surface area contributed by atoms with E-state index in [9.17, 15) is 4.79 Å². The van der Waals surface area contributed by atoms with Gasteiger partial charge in [-0.3, -0.25) is 4.79 Å². The molecule has 0 saturated carbocycles. The van der Waals surface area contributed by atoms with Crippen LogP contribution in [0.3, 0.4) is 0 Å². The molecule has 0 atom stereocenters. The summed E-state index contributed by atoms with van der Waals surface area (Å²) in [6.07, 6.45) is 0. The van der Waals surface area contributed by atoms with Crippen molar-refractivity contribution in [1.82, 2.24) is 4.57 Å². The summed E-state index contributed by atoms with van der Waals surface area (Å²) in [7, 11) is 0. The Morgan fingerprint density at radius 1 is 0.964 bits per heavy atom. The highest BCUT2D eigenvalue weighted by atomic mass is 32.2. The van der Waals surface area contributed by atoms with Crippen LogP contribution in [-0.4, -0.2) is 16.2 Å². The van der Waals surface area contributed by atoms with Crippen LogP contribution in [-0.2, 0) is 17.1 Å². The average molecular weight is 389 g/mol. The van der Waals surface area contributed by atoms with Crippen molar-refractivity contribution in [2.45, 2.75) is 26.1 Å². The Labute approximate surface area is 169 Å². The largest absolute Gasteiger partial charge is 0.341 e. The molecule has 3 nitrogen and oxygen atoms in total. The lowest BCUT2D eigenvalue weighted by Crippen LogP contribution is -2.14. The first-order valence-corrected chi connectivity index (χ1v) is 10.8. The summed E-state index contributed by atoms with van der Waals surface area (Å²) in [6, 6.07) is 23.0. The molecule has 0 aliphatic carbocycles. The van der Waals surface area contributed by atoms with Crippen LogP contribution in [0.1, 0.15) is 18.1 Å². The second kappa shape index (κ2) is 8.11. The van der Waals surface area contributed by atoms with Crippen LogP contribution in [0, 0.1) is 6.92 Å². The van der Waals surface area contributed by atoms with Gasteiger partial charge in [0.15, 0.2) is 0 Å². The number of aryl methyl sites for hydroxylation is 2. The summed E-state index contributed by atoms with van der Waals surface area (Å²) < 4.78 is 2.31. The van der Waals surface area contributed by atoms with Gasteiger partial charge in [0.2, 0.25) is 5.91 Å². The van der Waals surface area contributed by atoms with E-state index >= 15 is 0 Å². The number of hydrogen-bond donors (Lipinski definition) is 1. The van der Waals surface area contributed by atoms with Gasteiger partial charge in [-0.05, 0) is 49.2 Å². The molecule has 1 heterocycles. The number of benzene rings is 3. The van der Waals surface area contributed by atoms with Gasteiger partial charge in [0.1, 0.15) is 0 Å². The molecular formula is C24H24N2OS. The number of thioether (sulfide) groups is 1. The Hall–Kier alpha value is -2.72. The fourth-order valence-corrected chi connectivity index (χ4v) is 4.60. The summed E-state index contributed by atoms with van der Waals surface area (Å²) in [4.78, 5) is 12.4. The molecule has 0 unspecified atom stereocenters. The van der Waals surface area contributed by atoms with E-state index in [2.05, 4.69) is 72.3 Å². The number of amides is 1. The van der Waals surface area contributed by atoms with Crippen molar-refractivity contribution in [2.75, 3.05) is 11.1 Å². The number of carbonyl (C=O) groups excluding carboxylic acids is 1. The number of para-hydroxylation sites is 1. The van der Waals surface area contributed by atoms with Crippen LogP contribution in [0.4, 0.5) is 5.69 Å². The minimum absolute atomic E-state index is 0.0390. The van der Waals surface area contributed by atoms with Gasteiger partial charge in [-0.15, -0.1) is 11.8 Å².